The Bertz CT molecular complexity index is 901. The lowest BCUT2D eigenvalue weighted by molar-refractivity contribution is -0.119. The van der Waals surface area contributed by atoms with E-state index in [2.05, 4.69) is 5.10 Å². The standard InChI is InChI=1S/C19H20N4O2S/c1-13(2)22(12-17(20)24)19(25)15-11-23(14-7-4-3-5-8-14)21-18(15)16-9-6-10-26-16/h3-11,13H,12H2,1-2H3,(H2,20,24). The van der Waals surface area contributed by atoms with Crippen LogP contribution in [0.4, 0.5) is 0 Å². The van der Waals surface area contributed by atoms with Gasteiger partial charge in [0.2, 0.25) is 5.91 Å². The van der Waals surface area contributed by atoms with Gasteiger partial charge in [-0.15, -0.1) is 11.3 Å². The van der Waals surface area contributed by atoms with Crippen molar-refractivity contribution in [3.05, 3.63) is 59.6 Å². The lowest BCUT2D eigenvalue weighted by Gasteiger charge is -2.25. The maximum atomic E-state index is 13.2. The van der Waals surface area contributed by atoms with Gasteiger partial charge in [-0.2, -0.15) is 5.10 Å². The van der Waals surface area contributed by atoms with E-state index in [0.29, 0.717) is 11.3 Å². The highest BCUT2D eigenvalue weighted by atomic mass is 32.1. The van der Waals surface area contributed by atoms with E-state index in [-0.39, 0.29) is 18.5 Å². The Morgan fingerprint density at radius 2 is 1.92 bits per heavy atom. The monoisotopic (exact) mass is 368 g/mol. The van der Waals surface area contributed by atoms with Crippen LogP contribution in [0.2, 0.25) is 0 Å². The van der Waals surface area contributed by atoms with Gasteiger partial charge in [0, 0.05) is 12.2 Å². The molecule has 3 rings (SSSR count). The Kier molecular flexibility index (Phi) is 5.18. The smallest absolute Gasteiger partial charge is 0.258 e. The minimum absolute atomic E-state index is 0.128. The molecule has 7 heteroatoms. The fourth-order valence-electron chi connectivity index (χ4n) is 2.65. The average molecular weight is 368 g/mol. The topological polar surface area (TPSA) is 81.2 Å². The first-order valence-electron chi connectivity index (χ1n) is 8.25. The van der Waals surface area contributed by atoms with Crippen LogP contribution in [0.25, 0.3) is 16.3 Å². The number of amides is 2. The summed E-state index contributed by atoms with van der Waals surface area (Å²) in [6.07, 6.45) is 1.71. The van der Waals surface area contributed by atoms with E-state index < -0.39 is 5.91 Å². The first kappa shape index (κ1) is 17.9. The molecule has 2 heterocycles. The lowest BCUT2D eigenvalue weighted by atomic mass is 10.1. The average Bonchev–Trinajstić information content (AvgIpc) is 3.28. The van der Waals surface area contributed by atoms with Crippen LogP contribution in [0.3, 0.4) is 0 Å². The molecular formula is C19H20N4O2S. The maximum absolute atomic E-state index is 13.2. The van der Waals surface area contributed by atoms with E-state index >= 15 is 0 Å². The van der Waals surface area contributed by atoms with E-state index in [9.17, 15) is 9.59 Å². The molecule has 0 spiro atoms. The van der Waals surface area contributed by atoms with Crippen LogP contribution in [0, 0.1) is 0 Å². The lowest BCUT2D eigenvalue weighted by Crippen LogP contribution is -2.42. The van der Waals surface area contributed by atoms with Crippen LogP contribution in [0.1, 0.15) is 24.2 Å². The van der Waals surface area contributed by atoms with Gasteiger partial charge in [-0.05, 0) is 37.4 Å². The van der Waals surface area contributed by atoms with E-state index in [0.717, 1.165) is 10.6 Å². The Morgan fingerprint density at radius 3 is 2.50 bits per heavy atom. The summed E-state index contributed by atoms with van der Waals surface area (Å²) in [5.41, 5.74) is 7.23. The Hall–Kier alpha value is -2.93. The number of rotatable bonds is 6. The summed E-state index contributed by atoms with van der Waals surface area (Å²) in [5.74, 6) is -0.801. The normalized spacial score (nSPS) is 10.9. The molecule has 0 unspecified atom stereocenters. The van der Waals surface area contributed by atoms with E-state index in [1.54, 1.807) is 10.9 Å². The highest BCUT2D eigenvalue weighted by Gasteiger charge is 2.26. The molecule has 0 aliphatic heterocycles. The van der Waals surface area contributed by atoms with Crippen molar-refractivity contribution in [3.8, 4) is 16.3 Å². The molecule has 0 saturated carbocycles. The second-order valence-electron chi connectivity index (χ2n) is 6.14. The number of aromatic nitrogens is 2. The molecular weight excluding hydrogens is 348 g/mol. The number of thiophene rings is 1. The zero-order valence-electron chi connectivity index (χ0n) is 14.6. The summed E-state index contributed by atoms with van der Waals surface area (Å²) < 4.78 is 1.69. The molecule has 0 atom stereocenters. The van der Waals surface area contributed by atoms with Gasteiger partial charge in [0.25, 0.3) is 5.91 Å². The van der Waals surface area contributed by atoms with E-state index in [4.69, 9.17) is 5.73 Å². The molecule has 134 valence electrons. The number of para-hydroxylation sites is 1. The van der Waals surface area contributed by atoms with Crippen molar-refractivity contribution >= 4 is 23.2 Å². The van der Waals surface area contributed by atoms with Crippen molar-refractivity contribution < 1.29 is 9.59 Å². The van der Waals surface area contributed by atoms with Gasteiger partial charge in [-0.3, -0.25) is 9.59 Å². The second-order valence-corrected chi connectivity index (χ2v) is 7.09. The van der Waals surface area contributed by atoms with E-state index in [1.165, 1.54) is 16.2 Å². The summed E-state index contributed by atoms with van der Waals surface area (Å²) in [6.45, 7) is 3.58. The molecule has 26 heavy (non-hydrogen) atoms. The molecule has 0 saturated heterocycles. The third kappa shape index (κ3) is 3.67. The summed E-state index contributed by atoms with van der Waals surface area (Å²) in [7, 11) is 0. The minimum atomic E-state index is -0.542. The molecule has 2 amide bonds. The highest BCUT2D eigenvalue weighted by Crippen LogP contribution is 2.29. The molecule has 1 aromatic carbocycles. The van der Waals surface area contributed by atoms with Crippen molar-refractivity contribution in [3.63, 3.8) is 0 Å². The van der Waals surface area contributed by atoms with Gasteiger partial charge in [0.05, 0.1) is 22.7 Å². The van der Waals surface area contributed by atoms with Crippen molar-refractivity contribution in [2.24, 2.45) is 5.73 Å². The molecule has 3 aromatic rings. The molecule has 0 fully saturated rings. The van der Waals surface area contributed by atoms with Crippen LogP contribution < -0.4 is 5.73 Å². The van der Waals surface area contributed by atoms with Gasteiger partial charge < -0.3 is 10.6 Å². The fourth-order valence-corrected chi connectivity index (χ4v) is 3.37. The van der Waals surface area contributed by atoms with Crippen LogP contribution in [0.5, 0.6) is 0 Å². The van der Waals surface area contributed by atoms with Crippen LogP contribution >= 0.6 is 11.3 Å². The third-order valence-corrected chi connectivity index (χ3v) is 4.81. The first-order chi connectivity index (χ1) is 12.5. The van der Waals surface area contributed by atoms with Gasteiger partial charge in [0.15, 0.2) is 0 Å². The predicted molar refractivity (Wildman–Crippen MR) is 102 cm³/mol. The summed E-state index contributed by atoms with van der Waals surface area (Å²) in [6, 6.07) is 13.3. The molecule has 0 radical (unpaired) electrons. The molecule has 0 aliphatic rings. The molecule has 0 aliphatic carbocycles. The molecule has 0 bridgehead atoms. The molecule has 6 nitrogen and oxygen atoms in total. The van der Waals surface area contributed by atoms with Gasteiger partial charge >= 0.3 is 0 Å². The third-order valence-electron chi connectivity index (χ3n) is 3.93. The number of benzene rings is 1. The van der Waals surface area contributed by atoms with Crippen molar-refractivity contribution in [1.82, 2.24) is 14.7 Å². The number of primary amides is 1. The van der Waals surface area contributed by atoms with Crippen molar-refractivity contribution in [2.75, 3.05) is 6.54 Å². The zero-order valence-corrected chi connectivity index (χ0v) is 15.4. The minimum Gasteiger partial charge on any atom is -0.368 e. The number of carbonyl (C=O) groups is 2. The van der Waals surface area contributed by atoms with E-state index in [1.807, 2.05) is 61.7 Å². The summed E-state index contributed by atoms with van der Waals surface area (Å²) in [5, 5.41) is 6.57. The summed E-state index contributed by atoms with van der Waals surface area (Å²) in [4.78, 5) is 26.9. The SMILES string of the molecule is CC(C)N(CC(N)=O)C(=O)c1cn(-c2ccccc2)nc1-c1cccs1. The Morgan fingerprint density at radius 1 is 1.19 bits per heavy atom. The maximum Gasteiger partial charge on any atom is 0.258 e. The molecule has 2 aromatic heterocycles. The fraction of sp³-hybridized carbons (Fsp3) is 0.211. The summed E-state index contributed by atoms with van der Waals surface area (Å²) >= 11 is 1.51. The zero-order chi connectivity index (χ0) is 18.7. The molecule has 2 N–H and O–H groups in total. The van der Waals surface area contributed by atoms with Crippen LogP contribution in [-0.4, -0.2) is 39.1 Å². The van der Waals surface area contributed by atoms with Crippen LogP contribution in [-0.2, 0) is 4.79 Å². The highest BCUT2D eigenvalue weighted by molar-refractivity contribution is 7.13. The number of nitrogens with two attached hydrogens (primary N) is 1. The van der Waals surface area contributed by atoms with Crippen molar-refractivity contribution in [1.29, 1.82) is 0 Å². The number of hydrogen-bond acceptors (Lipinski definition) is 4. The quantitative estimate of drug-likeness (QED) is 0.726. The Labute approximate surface area is 155 Å². The number of hydrogen-bond donors (Lipinski definition) is 1. The van der Waals surface area contributed by atoms with Gasteiger partial charge in [0.1, 0.15) is 5.69 Å². The Balaban J connectivity index is 2.08. The largest absolute Gasteiger partial charge is 0.368 e. The first-order valence-corrected chi connectivity index (χ1v) is 9.13. The number of nitrogens with zero attached hydrogens (tertiary/aromatic N) is 3. The van der Waals surface area contributed by atoms with Gasteiger partial charge in [-0.25, -0.2) is 4.68 Å². The van der Waals surface area contributed by atoms with Crippen molar-refractivity contribution in [2.45, 2.75) is 19.9 Å². The predicted octanol–water partition coefficient (Wildman–Crippen LogP) is 2.94. The number of carbonyl (C=O) groups excluding carboxylic acids is 2. The van der Waals surface area contributed by atoms with Crippen LogP contribution in [0.15, 0.2) is 54.0 Å². The van der Waals surface area contributed by atoms with Gasteiger partial charge in [-0.1, -0.05) is 24.3 Å². The second kappa shape index (κ2) is 7.53.